The van der Waals surface area contributed by atoms with Crippen LogP contribution in [0.2, 0.25) is 0 Å². The minimum absolute atomic E-state index is 0.00500. The van der Waals surface area contributed by atoms with E-state index in [0.717, 1.165) is 48.1 Å². The summed E-state index contributed by atoms with van der Waals surface area (Å²) in [6.07, 6.45) is 7.74. The highest BCUT2D eigenvalue weighted by atomic mass is 19.1. The maximum atomic E-state index is 14.4. The number of amides is 1. The van der Waals surface area contributed by atoms with Gasteiger partial charge in [0, 0.05) is 35.9 Å². The normalized spacial score (nSPS) is 18.2. The van der Waals surface area contributed by atoms with Crippen LogP contribution < -0.4 is 9.64 Å². The maximum Gasteiger partial charge on any atom is 0.224 e. The molecule has 30 heavy (non-hydrogen) atoms. The van der Waals surface area contributed by atoms with E-state index in [1.807, 2.05) is 34.1 Å². The topological polar surface area (TPSA) is 47.4 Å². The predicted molar refractivity (Wildman–Crippen MR) is 113 cm³/mol. The van der Waals surface area contributed by atoms with Crippen LogP contribution in [0.5, 0.6) is 11.5 Å². The summed E-state index contributed by atoms with van der Waals surface area (Å²) < 4.78 is 22.6. The Morgan fingerprint density at radius 3 is 2.70 bits per heavy atom. The lowest BCUT2D eigenvalue weighted by molar-refractivity contribution is -0.117. The molecule has 1 fully saturated rings. The first-order valence-corrected chi connectivity index (χ1v) is 10.5. The second kappa shape index (κ2) is 7.27. The molecule has 2 aromatic carbocycles. The van der Waals surface area contributed by atoms with Gasteiger partial charge in [-0.1, -0.05) is 12.1 Å². The quantitative estimate of drug-likeness (QED) is 0.575. The van der Waals surface area contributed by atoms with Crippen molar-refractivity contribution in [3.8, 4) is 22.6 Å². The van der Waals surface area contributed by atoms with Gasteiger partial charge in [-0.25, -0.2) is 4.39 Å². The summed E-state index contributed by atoms with van der Waals surface area (Å²) in [7, 11) is 0. The fraction of sp³-hybridized carbons (Fsp3) is 0.333. The van der Waals surface area contributed by atoms with Crippen molar-refractivity contribution in [3.63, 3.8) is 0 Å². The average Bonchev–Trinajstić information content (AvgIpc) is 3.46. The largest absolute Gasteiger partial charge is 0.453 e. The number of hydrogen-bond donors (Lipinski definition) is 0. The van der Waals surface area contributed by atoms with Crippen LogP contribution in [0.15, 0.2) is 48.8 Å². The van der Waals surface area contributed by atoms with Crippen LogP contribution in [-0.2, 0) is 11.2 Å². The zero-order chi connectivity index (χ0) is 20.8. The van der Waals surface area contributed by atoms with Crippen LogP contribution in [0.1, 0.15) is 44.7 Å². The molecule has 5 rings (SSSR count). The van der Waals surface area contributed by atoms with Gasteiger partial charge < -0.3 is 9.64 Å². The number of rotatable bonds is 4. The third kappa shape index (κ3) is 3.26. The molecule has 0 unspecified atom stereocenters. The second-order valence-electron chi connectivity index (χ2n) is 8.19. The molecule has 1 aliphatic carbocycles. The van der Waals surface area contributed by atoms with Crippen molar-refractivity contribution in [3.05, 3.63) is 60.2 Å². The highest BCUT2D eigenvalue weighted by Crippen LogP contribution is 2.45. The Hall–Kier alpha value is -3.15. The standard InChI is InChI=1S/C24H24FN3O2/c1-15-7-10-20-22(28(15)16(2)29)12-11-19(17-13-26-27(14-17)18-8-9-18)24(20)30-23-6-4-3-5-21(23)25/h3-6,11-15,18H,7-10H2,1-2H3/t15-/m0/s1. The number of fused-ring (bicyclic) bond motifs is 1. The Balaban J connectivity index is 1.66. The first-order valence-electron chi connectivity index (χ1n) is 10.5. The van der Waals surface area contributed by atoms with Gasteiger partial charge in [-0.05, 0) is 56.9 Å². The van der Waals surface area contributed by atoms with Crippen molar-refractivity contribution in [2.24, 2.45) is 0 Å². The van der Waals surface area contributed by atoms with Crippen LogP contribution in [0, 0.1) is 5.82 Å². The van der Waals surface area contributed by atoms with Crippen LogP contribution in [0.4, 0.5) is 10.1 Å². The van der Waals surface area contributed by atoms with Crippen molar-refractivity contribution in [2.75, 3.05) is 4.90 Å². The Morgan fingerprint density at radius 1 is 1.17 bits per heavy atom. The maximum absolute atomic E-state index is 14.4. The van der Waals surface area contributed by atoms with Crippen LogP contribution in [0.25, 0.3) is 11.1 Å². The van der Waals surface area contributed by atoms with Crippen molar-refractivity contribution in [2.45, 2.75) is 51.6 Å². The number of carbonyl (C=O) groups excluding carboxylic acids is 1. The number of ether oxygens (including phenoxy) is 1. The lowest BCUT2D eigenvalue weighted by Gasteiger charge is -2.36. The molecule has 1 atom stereocenters. The van der Waals surface area contributed by atoms with E-state index in [1.165, 1.54) is 6.07 Å². The number of aromatic nitrogens is 2. The number of anilines is 1. The van der Waals surface area contributed by atoms with Gasteiger partial charge >= 0.3 is 0 Å². The first kappa shape index (κ1) is 18.9. The Labute approximate surface area is 175 Å². The van der Waals surface area contributed by atoms with Gasteiger partial charge in [0.1, 0.15) is 5.75 Å². The van der Waals surface area contributed by atoms with Gasteiger partial charge in [0.2, 0.25) is 5.91 Å². The second-order valence-corrected chi connectivity index (χ2v) is 8.19. The number of nitrogens with zero attached hydrogens (tertiary/aromatic N) is 3. The molecule has 6 heteroatoms. The monoisotopic (exact) mass is 405 g/mol. The third-order valence-electron chi connectivity index (χ3n) is 5.97. The van der Waals surface area contributed by atoms with E-state index in [9.17, 15) is 9.18 Å². The number of benzene rings is 2. The van der Waals surface area contributed by atoms with E-state index in [4.69, 9.17) is 4.74 Å². The van der Waals surface area contributed by atoms with Crippen molar-refractivity contribution < 1.29 is 13.9 Å². The van der Waals surface area contributed by atoms with E-state index in [1.54, 1.807) is 25.1 Å². The number of halogens is 1. The minimum Gasteiger partial charge on any atom is -0.453 e. The summed E-state index contributed by atoms with van der Waals surface area (Å²) in [5.41, 5.74) is 3.57. The molecule has 0 N–H and O–H groups in total. The van der Waals surface area contributed by atoms with Gasteiger partial charge in [0.05, 0.1) is 17.9 Å². The van der Waals surface area contributed by atoms with Crippen LogP contribution in [-0.4, -0.2) is 21.7 Å². The molecular weight excluding hydrogens is 381 g/mol. The predicted octanol–water partition coefficient (Wildman–Crippen LogP) is 5.50. The molecule has 5 nitrogen and oxygen atoms in total. The van der Waals surface area contributed by atoms with Gasteiger partial charge in [0.25, 0.3) is 0 Å². The molecule has 0 bridgehead atoms. The van der Waals surface area contributed by atoms with Crippen molar-refractivity contribution >= 4 is 11.6 Å². The fourth-order valence-corrected chi connectivity index (χ4v) is 4.28. The molecular formula is C24H24FN3O2. The average molecular weight is 405 g/mol. The SMILES string of the molecule is CC(=O)N1c2ccc(-c3cnn(C4CC4)c3)c(Oc3ccccc3F)c2CC[C@@H]1C. The Kier molecular flexibility index (Phi) is 4.57. The zero-order valence-corrected chi connectivity index (χ0v) is 17.1. The fourth-order valence-electron chi connectivity index (χ4n) is 4.28. The number of carbonyl (C=O) groups is 1. The molecule has 0 spiro atoms. The van der Waals surface area contributed by atoms with Crippen molar-refractivity contribution in [1.82, 2.24) is 9.78 Å². The molecule has 1 aliphatic heterocycles. The third-order valence-corrected chi connectivity index (χ3v) is 5.97. The summed E-state index contributed by atoms with van der Waals surface area (Å²) in [6, 6.07) is 10.9. The lowest BCUT2D eigenvalue weighted by atomic mass is 9.92. The molecule has 1 aromatic heterocycles. The summed E-state index contributed by atoms with van der Waals surface area (Å²) in [5.74, 6) is 0.359. The molecule has 1 saturated carbocycles. The number of hydrogen-bond acceptors (Lipinski definition) is 3. The van der Waals surface area contributed by atoms with Gasteiger partial charge in [-0.15, -0.1) is 0 Å². The van der Waals surface area contributed by atoms with E-state index in [-0.39, 0.29) is 17.7 Å². The van der Waals surface area contributed by atoms with E-state index in [2.05, 4.69) is 12.0 Å². The first-order chi connectivity index (χ1) is 14.5. The zero-order valence-electron chi connectivity index (χ0n) is 17.1. The van der Waals surface area contributed by atoms with Gasteiger partial charge in [0.15, 0.2) is 11.6 Å². The lowest BCUT2D eigenvalue weighted by Crippen LogP contribution is -2.40. The highest BCUT2D eigenvalue weighted by Gasteiger charge is 2.31. The molecule has 2 heterocycles. The minimum atomic E-state index is -0.415. The summed E-state index contributed by atoms with van der Waals surface area (Å²) in [4.78, 5) is 14.2. The summed E-state index contributed by atoms with van der Waals surface area (Å²) in [5, 5.41) is 4.51. The molecule has 2 aliphatic rings. The van der Waals surface area contributed by atoms with Crippen molar-refractivity contribution in [1.29, 1.82) is 0 Å². The van der Waals surface area contributed by atoms with E-state index >= 15 is 0 Å². The Bertz CT molecular complexity index is 1120. The molecule has 0 saturated heterocycles. The van der Waals surface area contributed by atoms with Gasteiger partial charge in [-0.2, -0.15) is 5.10 Å². The van der Waals surface area contributed by atoms with E-state index < -0.39 is 5.82 Å². The van der Waals surface area contributed by atoms with Gasteiger partial charge in [-0.3, -0.25) is 9.48 Å². The summed E-state index contributed by atoms with van der Waals surface area (Å²) >= 11 is 0. The molecule has 3 aromatic rings. The highest BCUT2D eigenvalue weighted by molar-refractivity contribution is 5.95. The molecule has 1 amide bonds. The number of para-hydroxylation sites is 1. The van der Waals surface area contributed by atoms with E-state index in [0.29, 0.717) is 11.8 Å². The molecule has 154 valence electrons. The van der Waals surface area contributed by atoms with Crippen LogP contribution >= 0.6 is 0 Å². The smallest absolute Gasteiger partial charge is 0.224 e. The summed E-state index contributed by atoms with van der Waals surface area (Å²) in [6.45, 7) is 3.63. The molecule has 0 radical (unpaired) electrons. The van der Waals surface area contributed by atoms with Crippen LogP contribution in [0.3, 0.4) is 0 Å². The Morgan fingerprint density at radius 2 is 1.97 bits per heavy atom.